The van der Waals surface area contributed by atoms with Crippen LogP contribution in [-0.2, 0) is 16.9 Å². The van der Waals surface area contributed by atoms with Gasteiger partial charge in [0.1, 0.15) is 11.0 Å². The molecule has 0 saturated carbocycles. The van der Waals surface area contributed by atoms with E-state index in [4.69, 9.17) is 9.72 Å². The van der Waals surface area contributed by atoms with Crippen LogP contribution in [0.25, 0.3) is 16.9 Å². The van der Waals surface area contributed by atoms with Gasteiger partial charge in [-0.25, -0.2) is 19.3 Å². The van der Waals surface area contributed by atoms with Gasteiger partial charge in [0, 0.05) is 37.2 Å². The first kappa shape index (κ1) is 26.2. The lowest BCUT2D eigenvalue weighted by molar-refractivity contribution is -0.0312. The van der Waals surface area contributed by atoms with E-state index in [0.717, 1.165) is 37.6 Å². The largest absolute Gasteiger partial charge is 0.384 e. The summed E-state index contributed by atoms with van der Waals surface area (Å²) in [6.07, 6.45) is 3.39. The molecule has 0 amide bonds. The van der Waals surface area contributed by atoms with E-state index in [0.29, 0.717) is 34.5 Å². The Morgan fingerprint density at radius 3 is 2.67 bits per heavy atom. The van der Waals surface area contributed by atoms with Crippen LogP contribution in [0.3, 0.4) is 0 Å². The van der Waals surface area contributed by atoms with Gasteiger partial charge in [0.2, 0.25) is 5.95 Å². The van der Waals surface area contributed by atoms with Gasteiger partial charge < -0.3 is 20.1 Å². The molecule has 11 heteroatoms. The summed E-state index contributed by atoms with van der Waals surface area (Å²) in [5.74, 6) is 0.815. The van der Waals surface area contributed by atoms with Crippen molar-refractivity contribution in [3.05, 3.63) is 77.4 Å². The van der Waals surface area contributed by atoms with Crippen LogP contribution in [0.15, 0.2) is 66.1 Å². The van der Waals surface area contributed by atoms with E-state index in [2.05, 4.69) is 50.8 Å². The van der Waals surface area contributed by atoms with Crippen molar-refractivity contribution in [2.24, 2.45) is 0 Å². The molecule has 3 aromatic heterocycles. The van der Waals surface area contributed by atoms with Gasteiger partial charge in [-0.05, 0) is 57.3 Å². The minimum absolute atomic E-state index is 0.214. The van der Waals surface area contributed by atoms with Crippen LogP contribution in [0.1, 0.15) is 19.5 Å². The molecule has 3 aliphatic rings. The highest BCUT2D eigenvalue weighted by molar-refractivity contribution is 5.77. The van der Waals surface area contributed by atoms with E-state index in [1.807, 2.05) is 12.1 Å². The molecule has 11 nitrogen and oxygen atoms in total. The number of fused-ring (bicyclic) bond motifs is 5. The lowest BCUT2D eigenvalue weighted by Crippen LogP contribution is -2.46. The number of allylic oxidation sites excluding steroid dienone is 1. The normalized spacial score (nSPS) is 19.6. The quantitative estimate of drug-likeness (QED) is 0.340. The van der Waals surface area contributed by atoms with E-state index in [-0.39, 0.29) is 18.2 Å². The third kappa shape index (κ3) is 4.87. The highest BCUT2D eigenvalue weighted by Crippen LogP contribution is 2.26. The van der Waals surface area contributed by atoms with Gasteiger partial charge in [-0.15, -0.1) is 6.58 Å². The fourth-order valence-electron chi connectivity index (χ4n) is 5.36. The summed E-state index contributed by atoms with van der Waals surface area (Å²) in [6.45, 7) is 10.9. The van der Waals surface area contributed by atoms with Crippen LogP contribution < -0.4 is 15.8 Å². The third-order valence-electron chi connectivity index (χ3n) is 7.54. The molecule has 2 atom stereocenters. The predicted molar refractivity (Wildman–Crippen MR) is 154 cm³/mol. The minimum atomic E-state index is -1.15. The summed E-state index contributed by atoms with van der Waals surface area (Å²) in [5, 5.41) is 14.1. The molecular formula is C29H34N8O3. The first-order valence-electron chi connectivity index (χ1n) is 13.4. The first-order valence-corrected chi connectivity index (χ1v) is 13.4. The van der Waals surface area contributed by atoms with Crippen molar-refractivity contribution >= 4 is 28.4 Å². The summed E-state index contributed by atoms with van der Waals surface area (Å²) in [6, 6.07) is 13.9. The molecule has 3 saturated heterocycles. The molecule has 6 heterocycles. The molecule has 3 fully saturated rings. The number of aromatic nitrogens is 5. The molecule has 2 bridgehead atoms. The van der Waals surface area contributed by atoms with Crippen LogP contribution in [-0.4, -0.2) is 79.8 Å². The second-order valence-electron chi connectivity index (χ2n) is 11.0. The van der Waals surface area contributed by atoms with Gasteiger partial charge >= 0.3 is 0 Å². The molecule has 2 unspecified atom stereocenters. The second kappa shape index (κ2) is 10.2. The fraction of sp³-hybridized carbons (Fsp3) is 0.379. The van der Waals surface area contributed by atoms with Crippen LogP contribution in [0, 0.1) is 0 Å². The van der Waals surface area contributed by atoms with E-state index in [1.165, 1.54) is 10.9 Å². The summed E-state index contributed by atoms with van der Waals surface area (Å²) in [5.41, 5.74) is 1.47. The van der Waals surface area contributed by atoms with Gasteiger partial charge in [-0.1, -0.05) is 12.1 Å². The standard InChI is InChI=1S/C29H34N8O3/c1-5-13-36-27(38)23-14-30-28(33-26(23)37(36)25-8-6-7-24(32-25)29(2,3)39)31-19-9-11-20(12-10-19)35-15-21-18-40-22(17-35)16-34(21)4/h5-12,14,21-22,39H,1,13,15-18H2,2-4H3,(H,30,31,33). The van der Waals surface area contributed by atoms with E-state index in [1.54, 1.807) is 42.8 Å². The third-order valence-corrected chi connectivity index (χ3v) is 7.54. The predicted octanol–water partition coefficient (Wildman–Crippen LogP) is 2.65. The Bertz CT molecular complexity index is 1600. The maximum absolute atomic E-state index is 13.2. The molecule has 0 spiro atoms. The van der Waals surface area contributed by atoms with E-state index >= 15 is 0 Å². The van der Waals surface area contributed by atoms with Crippen molar-refractivity contribution in [1.29, 1.82) is 0 Å². The van der Waals surface area contributed by atoms with Gasteiger partial charge in [-0.3, -0.25) is 9.69 Å². The summed E-state index contributed by atoms with van der Waals surface area (Å²) in [7, 11) is 2.17. The molecule has 0 aliphatic carbocycles. The smallest absolute Gasteiger partial charge is 0.278 e. The number of likely N-dealkylation sites (N-methyl/N-ethyl adjacent to an activating group) is 1. The van der Waals surface area contributed by atoms with Gasteiger partial charge in [0.15, 0.2) is 11.5 Å². The molecule has 208 valence electrons. The number of hydrogen-bond acceptors (Lipinski definition) is 9. The van der Waals surface area contributed by atoms with E-state index < -0.39 is 5.60 Å². The Kier molecular flexibility index (Phi) is 6.65. The highest BCUT2D eigenvalue weighted by Gasteiger charge is 2.33. The monoisotopic (exact) mass is 542 g/mol. The molecule has 0 radical (unpaired) electrons. The van der Waals surface area contributed by atoms with Crippen molar-refractivity contribution < 1.29 is 9.84 Å². The maximum atomic E-state index is 13.2. The van der Waals surface area contributed by atoms with Gasteiger partial charge in [0.25, 0.3) is 5.56 Å². The summed E-state index contributed by atoms with van der Waals surface area (Å²) in [4.78, 5) is 31.8. The number of anilines is 3. The van der Waals surface area contributed by atoms with Crippen molar-refractivity contribution in [3.8, 4) is 5.82 Å². The molecular weight excluding hydrogens is 508 g/mol. The Morgan fingerprint density at radius 1 is 1.15 bits per heavy atom. The topological polar surface area (TPSA) is 114 Å². The molecule has 2 N–H and O–H groups in total. The number of hydrogen-bond donors (Lipinski definition) is 2. The number of aliphatic hydroxyl groups is 1. The first-order chi connectivity index (χ1) is 19.2. The zero-order valence-electron chi connectivity index (χ0n) is 23.0. The van der Waals surface area contributed by atoms with E-state index in [9.17, 15) is 9.90 Å². The maximum Gasteiger partial charge on any atom is 0.278 e. The number of pyridine rings is 1. The van der Waals surface area contributed by atoms with Crippen LogP contribution in [0.5, 0.6) is 0 Å². The zero-order valence-corrected chi connectivity index (χ0v) is 23.0. The number of rotatable bonds is 7. The number of nitrogens with one attached hydrogen (secondary N) is 1. The molecule has 1 aromatic carbocycles. The van der Waals surface area contributed by atoms with Crippen molar-refractivity contribution in [2.45, 2.75) is 38.1 Å². The average Bonchev–Trinajstić information content (AvgIpc) is 3.07. The zero-order chi connectivity index (χ0) is 28.0. The number of benzene rings is 1. The van der Waals surface area contributed by atoms with Crippen molar-refractivity contribution in [2.75, 3.05) is 43.5 Å². The lowest BCUT2D eigenvalue weighted by atomic mass is 10.1. The fourth-order valence-corrected chi connectivity index (χ4v) is 5.36. The van der Waals surface area contributed by atoms with Crippen LogP contribution >= 0.6 is 0 Å². The molecule has 7 rings (SSSR count). The van der Waals surface area contributed by atoms with Gasteiger partial charge in [-0.2, -0.15) is 4.98 Å². The highest BCUT2D eigenvalue weighted by atomic mass is 16.5. The van der Waals surface area contributed by atoms with Gasteiger partial charge in [0.05, 0.1) is 31.0 Å². The molecule has 4 aromatic rings. The Morgan fingerprint density at radius 2 is 1.95 bits per heavy atom. The molecule has 3 aliphatic heterocycles. The number of nitrogens with zero attached hydrogens (tertiary/aromatic N) is 7. The Balaban J connectivity index is 1.31. The minimum Gasteiger partial charge on any atom is -0.384 e. The Labute approximate surface area is 232 Å². The average molecular weight is 543 g/mol. The SMILES string of the molecule is C=CCn1c(=O)c2cnc(Nc3ccc(N4CC5CN(C)C(CO5)C4)cc3)nc2n1-c1cccc(C(C)(C)O)n1. The lowest BCUT2D eigenvalue weighted by Gasteiger charge is -2.32. The molecule has 40 heavy (non-hydrogen) atoms. The van der Waals surface area contributed by atoms with Crippen LogP contribution in [0.4, 0.5) is 17.3 Å². The number of ether oxygens (including phenoxy) is 1. The van der Waals surface area contributed by atoms with Crippen molar-refractivity contribution in [3.63, 3.8) is 0 Å². The van der Waals surface area contributed by atoms with Crippen molar-refractivity contribution in [1.82, 2.24) is 29.2 Å². The second-order valence-corrected chi connectivity index (χ2v) is 11.0. The summed E-state index contributed by atoms with van der Waals surface area (Å²) < 4.78 is 9.15. The summed E-state index contributed by atoms with van der Waals surface area (Å²) >= 11 is 0. The van der Waals surface area contributed by atoms with Crippen LogP contribution in [0.2, 0.25) is 0 Å². The number of morpholine rings is 1. The Hall–Kier alpha value is -4.06.